The van der Waals surface area contributed by atoms with Crippen molar-refractivity contribution in [1.82, 2.24) is 9.80 Å². The van der Waals surface area contributed by atoms with E-state index in [-0.39, 0.29) is 5.91 Å². The molecule has 3 heteroatoms. The number of rotatable bonds is 4. The standard InChI is InChI=1S/C12H23N2O/c1-4-14-8-5-6-12(10-14)7-9-13(3)11(2)15/h12H,1,4-10H2,2-3H3. The Hall–Kier alpha value is -0.570. The highest BCUT2D eigenvalue weighted by Gasteiger charge is 2.18. The highest BCUT2D eigenvalue weighted by molar-refractivity contribution is 5.72. The van der Waals surface area contributed by atoms with E-state index in [1.807, 2.05) is 11.9 Å². The molecule has 0 aromatic heterocycles. The van der Waals surface area contributed by atoms with E-state index in [1.54, 1.807) is 6.92 Å². The molecule has 1 unspecified atom stereocenters. The highest BCUT2D eigenvalue weighted by Crippen LogP contribution is 2.19. The van der Waals surface area contributed by atoms with Crippen LogP contribution in [0.5, 0.6) is 0 Å². The lowest BCUT2D eigenvalue weighted by Crippen LogP contribution is -2.37. The minimum Gasteiger partial charge on any atom is -0.346 e. The van der Waals surface area contributed by atoms with Gasteiger partial charge in [-0.25, -0.2) is 0 Å². The van der Waals surface area contributed by atoms with Crippen molar-refractivity contribution in [2.75, 3.05) is 33.2 Å². The first-order valence-electron chi connectivity index (χ1n) is 5.86. The summed E-state index contributed by atoms with van der Waals surface area (Å²) in [6.45, 7) is 9.73. The molecule has 1 saturated heterocycles. The Morgan fingerprint density at radius 3 is 2.93 bits per heavy atom. The summed E-state index contributed by atoms with van der Waals surface area (Å²) in [5, 5.41) is 0. The van der Waals surface area contributed by atoms with E-state index in [2.05, 4.69) is 11.8 Å². The molecule has 3 nitrogen and oxygen atoms in total. The molecule has 1 aliphatic heterocycles. The van der Waals surface area contributed by atoms with Crippen LogP contribution in [-0.2, 0) is 4.79 Å². The Labute approximate surface area is 93.4 Å². The minimum atomic E-state index is 0.167. The molecule has 0 spiro atoms. The fourth-order valence-corrected chi connectivity index (χ4v) is 2.12. The summed E-state index contributed by atoms with van der Waals surface area (Å²) in [5.74, 6) is 0.919. The average molecular weight is 211 g/mol. The number of nitrogens with zero attached hydrogens (tertiary/aromatic N) is 2. The van der Waals surface area contributed by atoms with Gasteiger partial charge in [-0.2, -0.15) is 0 Å². The summed E-state index contributed by atoms with van der Waals surface area (Å²) in [5.41, 5.74) is 0. The lowest BCUT2D eigenvalue weighted by molar-refractivity contribution is -0.127. The van der Waals surface area contributed by atoms with Crippen LogP contribution in [0.4, 0.5) is 0 Å². The number of carbonyl (C=O) groups is 1. The maximum Gasteiger partial charge on any atom is 0.219 e. The lowest BCUT2D eigenvalue weighted by atomic mass is 9.94. The van der Waals surface area contributed by atoms with Crippen molar-refractivity contribution in [3.63, 3.8) is 0 Å². The van der Waals surface area contributed by atoms with Crippen LogP contribution in [0.15, 0.2) is 0 Å². The van der Waals surface area contributed by atoms with E-state index < -0.39 is 0 Å². The first-order valence-corrected chi connectivity index (χ1v) is 5.86. The number of amides is 1. The first kappa shape index (κ1) is 12.5. The third-order valence-corrected chi connectivity index (χ3v) is 3.33. The van der Waals surface area contributed by atoms with Crippen LogP contribution in [-0.4, -0.2) is 48.9 Å². The number of hydrogen-bond acceptors (Lipinski definition) is 2. The Balaban J connectivity index is 2.23. The molecule has 0 saturated carbocycles. The second-order valence-electron chi connectivity index (χ2n) is 4.54. The van der Waals surface area contributed by atoms with Crippen LogP contribution in [0.3, 0.4) is 0 Å². The molecular formula is C12H23N2O. The Kier molecular flexibility index (Phi) is 5.09. The van der Waals surface area contributed by atoms with Gasteiger partial charge in [-0.15, -0.1) is 0 Å². The molecule has 1 rings (SSSR count). The van der Waals surface area contributed by atoms with E-state index in [1.165, 1.54) is 19.4 Å². The van der Waals surface area contributed by atoms with Crippen molar-refractivity contribution in [2.45, 2.75) is 26.2 Å². The summed E-state index contributed by atoms with van der Waals surface area (Å²) >= 11 is 0. The van der Waals surface area contributed by atoms with Gasteiger partial charge in [0.25, 0.3) is 0 Å². The van der Waals surface area contributed by atoms with Gasteiger partial charge in [0.1, 0.15) is 0 Å². The van der Waals surface area contributed by atoms with Crippen LogP contribution < -0.4 is 0 Å². The van der Waals surface area contributed by atoms with E-state index in [4.69, 9.17) is 0 Å². The molecular weight excluding hydrogens is 188 g/mol. The summed E-state index contributed by atoms with van der Waals surface area (Å²) in [6, 6.07) is 0. The SMILES string of the molecule is [CH2]CN1CCCC(CCN(C)C(C)=O)C1. The molecule has 87 valence electrons. The maximum atomic E-state index is 11.0. The highest BCUT2D eigenvalue weighted by atomic mass is 16.2. The topological polar surface area (TPSA) is 23.6 Å². The van der Waals surface area contributed by atoms with Gasteiger partial charge >= 0.3 is 0 Å². The van der Waals surface area contributed by atoms with E-state index in [0.29, 0.717) is 0 Å². The first-order chi connectivity index (χ1) is 7.13. The molecule has 1 radical (unpaired) electrons. The third kappa shape index (κ3) is 4.20. The predicted octanol–water partition coefficient (Wildman–Crippen LogP) is 1.40. The molecule has 0 N–H and O–H groups in total. The quantitative estimate of drug-likeness (QED) is 0.702. The molecule has 1 amide bonds. The summed E-state index contributed by atoms with van der Waals surface area (Å²) in [4.78, 5) is 15.3. The molecule has 15 heavy (non-hydrogen) atoms. The fourth-order valence-electron chi connectivity index (χ4n) is 2.12. The molecule has 0 aromatic rings. The second-order valence-corrected chi connectivity index (χ2v) is 4.54. The molecule has 1 atom stereocenters. The van der Waals surface area contributed by atoms with E-state index >= 15 is 0 Å². The van der Waals surface area contributed by atoms with Crippen molar-refractivity contribution in [3.8, 4) is 0 Å². The van der Waals surface area contributed by atoms with Gasteiger partial charge in [0.05, 0.1) is 0 Å². The van der Waals surface area contributed by atoms with E-state index in [9.17, 15) is 4.79 Å². The molecule has 0 aromatic carbocycles. The Bertz CT molecular complexity index is 206. The third-order valence-electron chi connectivity index (χ3n) is 3.33. The maximum absolute atomic E-state index is 11.0. The smallest absolute Gasteiger partial charge is 0.219 e. The number of hydrogen-bond donors (Lipinski definition) is 0. The van der Waals surface area contributed by atoms with Crippen LogP contribution in [0.2, 0.25) is 0 Å². The molecule has 0 bridgehead atoms. The lowest BCUT2D eigenvalue weighted by Gasteiger charge is -2.32. The normalized spacial score (nSPS) is 22.7. The Morgan fingerprint density at radius 1 is 1.60 bits per heavy atom. The molecule has 1 aliphatic rings. The van der Waals surface area contributed by atoms with Crippen molar-refractivity contribution in [2.24, 2.45) is 5.92 Å². The van der Waals surface area contributed by atoms with E-state index in [0.717, 1.165) is 32.0 Å². The van der Waals surface area contributed by atoms with Crippen molar-refractivity contribution < 1.29 is 4.79 Å². The van der Waals surface area contributed by atoms with Crippen LogP contribution in [0.1, 0.15) is 26.2 Å². The summed E-state index contributed by atoms with van der Waals surface area (Å²) in [6.07, 6.45) is 3.72. The number of likely N-dealkylation sites (tertiary alicyclic amines) is 1. The zero-order valence-corrected chi connectivity index (χ0v) is 10.0. The van der Waals surface area contributed by atoms with Crippen molar-refractivity contribution >= 4 is 5.91 Å². The molecule has 1 fully saturated rings. The average Bonchev–Trinajstić information content (AvgIpc) is 2.26. The summed E-state index contributed by atoms with van der Waals surface area (Å²) < 4.78 is 0. The van der Waals surface area contributed by atoms with Crippen molar-refractivity contribution in [1.29, 1.82) is 0 Å². The zero-order valence-electron chi connectivity index (χ0n) is 10.0. The number of carbonyl (C=O) groups excluding carboxylic acids is 1. The minimum absolute atomic E-state index is 0.167. The van der Waals surface area contributed by atoms with Gasteiger partial charge in [0.15, 0.2) is 0 Å². The summed E-state index contributed by atoms with van der Waals surface area (Å²) in [7, 11) is 1.88. The van der Waals surface area contributed by atoms with Gasteiger partial charge in [0, 0.05) is 27.1 Å². The van der Waals surface area contributed by atoms with Crippen LogP contribution in [0, 0.1) is 12.8 Å². The monoisotopic (exact) mass is 211 g/mol. The second kappa shape index (κ2) is 6.11. The van der Waals surface area contributed by atoms with Crippen molar-refractivity contribution in [3.05, 3.63) is 6.92 Å². The largest absolute Gasteiger partial charge is 0.346 e. The molecule has 0 aliphatic carbocycles. The predicted molar refractivity (Wildman–Crippen MR) is 62.4 cm³/mol. The molecule has 1 heterocycles. The fraction of sp³-hybridized carbons (Fsp3) is 0.833. The van der Waals surface area contributed by atoms with Gasteiger partial charge in [-0.1, -0.05) is 0 Å². The van der Waals surface area contributed by atoms with Crippen LogP contribution >= 0.6 is 0 Å². The van der Waals surface area contributed by atoms with Gasteiger partial charge < -0.3 is 9.80 Å². The Morgan fingerprint density at radius 2 is 2.33 bits per heavy atom. The van der Waals surface area contributed by atoms with Gasteiger partial charge in [-0.05, 0) is 45.2 Å². The zero-order chi connectivity index (χ0) is 11.3. The van der Waals surface area contributed by atoms with Gasteiger partial charge in [0.2, 0.25) is 5.91 Å². The van der Waals surface area contributed by atoms with Gasteiger partial charge in [-0.3, -0.25) is 4.79 Å². The van der Waals surface area contributed by atoms with Crippen LogP contribution in [0.25, 0.3) is 0 Å². The number of piperidine rings is 1.